The highest BCUT2D eigenvalue weighted by molar-refractivity contribution is 5.80. The first-order valence-electron chi connectivity index (χ1n) is 6.23. The lowest BCUT2D eigenvalue weighted by Crippen LogP contribution is -2.46. The fraction of sp³-hybridized carbons (Fsp3) is 0.846. The quantitative estimate of drug-likeness (QED) is 0.726. The van der Waals surface area contributed by atoms with Gasteiger partial charge in [0.1, 0.15) is 11.6 Å². The van der Waals surface area contributed by atoms with Crippen LogP contribution in [-0.4, -0.2) is 40.0 Å². The standard InChI is InChI=1S/C13H25NO5/c1-12(2,3)9(15)7-8(10(16)17)14-11(18)19-13(4,5)6/h8-9,15H,7H2,1-6H3,(H,14,18)(H,16,17)/t8-,9?/m0/s1. The predicted molar refractivity (Wildman–Crippen MR) is 70.9 cm³/mol. The normalized spacial score (nSPS) is 15.5. The van der Waals surface area contributed by atoms with E-state index in [0.29, 0.717) is 0 Å². The first-order valence-corrected chi connectivity index (χ1v) is 6.23. The van der Waals surface area contributed by atoms with Crippen LogP contribution in [0, 0.1) is 5.41 Å². The molecule has 19 heavy (non-hydrogen) atoms. The number of aliphatic hydroxyl groups excluding tert-OH is 1. The fourth-order valence-electron chi connectivity index (χ4n) is 1.25. The van der Waals surface area contributed by atoms with Crippen LogP contribution >= 0.6 is 0 Å². The van der Waals surface area contributed by atoms with E-state index in [0.717, 1.165) is 0 Å². The van der Waals surface area contributed by atoms with Gasteiger partial charge in [0.05, 0.1) is 6.10 Å². The van der Waals surface area contributed by atoms with E-state index in [-0.39, 0.29) is 6.42 Å². The van der Waals surface area contributed by atoms with Crippen molar-refractivity contribution in [3.05, 3.63) is 0 Å². The Morgan fingerprint density at radius 3 is 1.95 bits per heavy atom. The molecule has 0 rings (SSSR count). The van der Waals surface area contributed by atoms with Gasteiger partial charge in [-0.1, -0.05) is 20.8 Å². The van der Waals surface area contributed by atoms with Crippen molar-refractivity contribution in [1.29, 1.82) is 0 Å². The molecule has 0 aromatic rings. The van der Waals surface area contributed by atoms with Crippen LogP contribution in [0.3, 0.4) is 0 Å². The number of carboxylic acids is 1. The van der Waals surface area contributed by atoms with Gasteiger partial charge in [-0.2, -0.15) is 0 Å². The maximum absolute atomic E-state index is 11.5. The molecule has 0 aromatic heterocycles. The molecule has 0 aliphatic rings. The minimum atomic E-state index is -1.20. The van der Waals surface area contributed by atoms with E-state index >= 15 is 0 Å². The van der Waals surface area contributed by atoms with Crippen LogP contribution in [0.5, 0.6) is 0 Å². The van der Waals surface area contributed by atoms with Gasteiger partial charge in [0.25, 0.3) is 0 Å². The highest BCUT2D eigenvalue weighted by atomic mass is 16.6. The molecule has 0 spiro atoms. The topological polar surface area (TPSA) is 95.9 Å². The Bertz CT molecular complexity index is 327. The third-order valence-corrected chi connectivity index (χ3v) is 2.45. The molecule has 6 nitrogen and oxygen atoms in total. The highest BCUT2D eigenvalue weighted by Crippen LogP contribution is 2.22. The SMILES string of the molecule is CC(C)(C)OC(=O)N[C@@H](CC(O)C(C)(C)C)C(=O)O. The Kier molecular flexibility index (Phi) is 5.81. The minimum Gasteiger partial charge on any atom is -0.480 e. The molecule has 1 unspecified atom stereocenters. The van der Waals surface area contributed by atoms with Gasteiger partial charge < -0.3 is 20.3 Å². The van der Waals surface area contributed by atoms with Crippen LogP contribution in [0.2, 0.25) is 0 Å². The van der Waals surface area contributed by atoms with Gasteiger partial charge in [0.15, 0.2) is 0 Å². The number of hydrogen-bond acceptors (Lipinski definition) is 4. The number of aliphatic hydroxyl groups is 1. The van der Waals surface area contributed by atoms with Gasteiger partial charge in [-0.3, -0.25) is 0 Å². The Balaban J connectivity index is 4.60. The van der Waals surface area contributed by atoms with Gasteiger partial charge in [0, 0.05) is 6.42 Å². The lowest BCUT2D eigenvalue weighted by Gasteiger charge is -2.29. The van der Waals surface area contributed by atoms with E-state index in [1.165, 1.54) is 0 Å². The molecule has 3 N–H and O–H groups in total. The molecule has 1 amide bonds. The van der Waals surface area contributed by atoms with E-state index < -0.39 is 35.2 Å². The zero-order valence-corrected chi connectivity index (χ0v) is 12.5. The molecule has 112 valence electrons. The number of carboxylic acid groups (broad SMARTS) is 1. The van der Waals surface area contributed by atoms with Crippen LogP contribution in [0.25, 0.3) is 0 Å². The van der Waals surface area contributed by atoms with Crippen molar-refractivity contribution in [2.24, 2.45) is 5.41 Å². The lowest BCUT2D eigenvalue weighted by atomic mass is 9.85. The molecule has 6 heteroatoms. The Labute approximate surface area is 114 Å². The Morgan fingerprint density at radius 2 is 1.63 bits per heavy atom. The van der Waals surface area contributed by atoms with Gasteiger partial charge in [-0.05, 0) is 26.2 Å². The summed E-state index contributed by atoms with van der Waals surface area (Å²) in [7, 11) is 0. The van der Waals surface area contributed by atoms with Crippen LogP contribution < -0.4 is 5.32 Å². The molecular weight excluding hydrogens is 250 g/mol. The predicted octanol–water partition coefficient (Wildman–Crippen LogP) is 1.76. The molecule has 0 aromatic carbocycles. The third kappa shape index (κ3) is 7.66. The monoisotopic (exact) mass is 275 g/mol. The van der Waals surface area contributed by atoms with Crippen molar-refractivity contribution < 1.29 is 24.5 Å². The summed E-state index contributed by atoms with van der Waals surface area (Å²) in [4.78, 5) is 22.6. The number of rotatable bonds is 4. The summed E-state index contributed by atoms with van der Waals surface area (Å²) in [6.07, 6.45) is -1.72. The van der Waals surface area contributed by atoms with E-state index in [1.54, 1.807) is 41.5 Å². The second-order valence-corrected chi connectivity index (χ2v) is 6.65. The van der Waals surface area contributed by atoms with Gasteiger partial charge >= 0.3 is 12.1 Å². The molecule has 0 aliphatic heterocycles. The summed E-state index contributed by atoms with van der Waals surface area (Å²) in [5.74, 6) is -1.20. The minimum absolute atomic E-state index is 0.0714. The van der Waals surface area contributed by atoms with Gasteiger partial charge in [0.2, 0.25) is 0 Å². The largest absolute Gasteiger partial charge is 0.480 e. The number of aliphatic carboxylic acids is 1. The van der Waals surface area contributed by atoms with Crippen molar-refractivity contribution in [3.63, 3.8) is 0 Å². The van der Waals surface area contributed by atoms with Crippen molar-refractivity contribution in [1.82, 2.24) is 5.32 Å². The number of carbonyl (C=O) groups excluding carboxylic acids is 1. The van der Waals surface area contributed by atoms with Gasteiger partial charge in [-0.15, -0.1) is 0 Å². The zero-order valence-electron chi connectivity index (χ0n) is 12.5. The van der Waals surface area contributed by atoms with Crippen molar-refractivity contribution in [2.75, 3.05) is 0 Å². The molecule has 0 saturated heterocycles. The molecule has 0 heterocycles. The Morgan fingerprint density at radius 1 is 1.16 bits per heavy atom. The molecule has 0 radical (unpaired) electrons. The fourth-order valence-corrected chi connectivity index (χ4v) is 1.25. The third-order valence-electron chi connectivity index (χ3n) is 2.45. The maximum Gasteiger partial charge on any atom is 0.408 e. The van der Waals surface area contributed by atoms with Gasteiger partial charge in [-0.25, -0.2) is 9.59 Å². The average molecular weight is 275 g/mol. The molecule has 2 atom stereocenters. The molecule has 0 fully saturated rings. The summed E-state index contributed by atoms with van der Waals surface area (Å²) in [6.45, 7) is 10.4. The number of alkyl carbamates (subject to hydrolysis) is 1. The van der Waals surface area contributed by atoms with Crippen LogP contribution in [0.1, 0.15) is 48.0 Å². The number of carbonyl (C=O) groups is 2. The van der Waals surface area contributed by atoms with Crippen molar-refractivity contribution in [2.45, 2.75) is 65.7 Å². The second kappa shape index (κ2) is 6.23. The summed E-state index contributed by atoms with van der Waals surface area (Å²) in [5.41, 5.74) is -1.15. The maximum atomic E-state index is 11.5. The summed E-state index contributed by atoms with van der Waals surface area (Å²) < 4.78 is 4.99. The lowest BCUT2D eigenvalue weighted by molar-refractivity contribution is -0.140. The second-order valence-electron chi connectivity index (χ2n) is 6.65. The molecule has 0 aliphatic carbocycles. The van der Waals surface area contributed by atoms with E-state index in [9.17, 15) is 14.7 Å². The van der Waals surface area contributed by atoms with E-state index in [1.807, 2.05) is 0 Å². The smallest absolute Gasteiger partial charge is 0.408 e. The molecule has 0 saturated carbocycles. The molecular formula is C13H25NO5. The summed E-state index contributed by atoms with van der Waals surface area (Å²) in [5, 5.41) is 21.2. The first-order chi connectivity index (χ1) is 8.33. The average Bonchev–Trinajstić information content (AvgIpc) is 2.11. The van der Waals surface area contributed by atoms with E-state index in [4.69, 9.17) is 9.84 Å². The van der Waals surface area contributed by atoms with E-state index in [2.05, 4.69) is 5.32 Å². The highest BCUT2D eigenvalue weighted by Gasteiger charge is 2.31. The summed E-state index contributed by atoms with van der Waals surface area (Å²) >= 11 is 0. The summed E-state index contributed by atoms with van der Waals surface area (Å²) in [6, 6.07) is -1.18. The van der Waals surface area contributed by atoms with Crippen LogP contribution in [-0.2, 0) is 9.53 Å². The number of hydrogen-bond donors (Lipinski definition) is 3. The number of amides is 1. The van der Waals surface area contributed by atoms with Crippen LogP contribution in [0.15, 0.2) is 0 Å². The van der Waals surface area contributed by atoms with Crippen LogP contribution in [0.4, 0.5) is 4.79 Å². The Hall–Kier alpha value is -1.30. The number of nitrogens with one attached hydrogen (secondary N) is 1. The van der Waals surface area contributed by atoms with Crippen molar-refractivity contribution in [3.8, 4) is 0 Å². The molecule has 0 bridgehead atoms. The zero-order chi connectivity index (χ0) is 15.4. The van der Waals surface area contributed by atoms with Crippen molar-refractivity contribution >= 4 is 12.1 Å². The first kappa shape index (κ1) is 17.7. The number of ether oxygens (including phenoxy) is 1.